The van der Waals surface area contributed by atoms with E-state index in [-0.39, 0.29) is 11.8 Å². The van der Waals surface area contributed by atoms with Crippen LogP contribution in [0.2, 0.25) is 0 Å². The molecule has 0 spiro atoms. The van der Waals surface area contributed by atoms with Crippen LogP contribution >= 0.6 is 9.04 Å². The van der Waals surface area contributed by atoms with Crippen LogP contribution in [0, 0.1) is 12.8 Å². The average molecular weight is 473 g/mol. The second kappa shape index (κ2) is 16.1. The van der Waals surface area contributed by atoms with Gasteiger partial charge >= 0.3 is 0 Å². The SMILES string of the molecule is CC.CCC.Cc1nn(CCN(C)PF)cc1S(=O)c1ccc(NC(=O)C(C)C)cc1. The molecule has 1 aromatic carbocycles. The van der Waals surface area contributed by atoms with Crippen LogP contribution in [0.5, 0.6) is 0 Å². The maximum Gasteiger partial charge on any atom is 0.226 e. The van der Waals surface area contributed by atoms with Crippen LogP contribution in [-0.2, 0) is 22.1 Å². The molecule has 0 bridgehead atoms. The van der Waals surface area contributed by atoms with E-state index in [9.17, 15) is 13.2 Å². The smallest absolute Gasteiger partial charge is 0.226 e. The Bertz CT molecular complexity index is 797. The topological polar surface area (TPSA) is 67.2 Å². The van der Waals surface area contributed by atoms with Crippen molar-refractivity contribution in [2.24, 2.45) is 5.92 Å². The molecule has 2 aromatic rings. The van der Waals surface area contributed by atoms with Crippen LogP contribution in [0.3, 0.4) is 0 Å². The van der Waals surface area contributed by atoms with Crippen molar-refractivity contribution in [3.8, 4) is 0 Å². The first-order chi connectivity index (χ1) is 14.7. The zero-order valence-electron chi connectivity index (χ0n) is 20.0. The highest BCUT2D eigenvalue weighted by Crippen LogP contribution is 2.21. The Morgan fingerprint density at radius 1 is 1.26 bits per heavy atom. The summed E-state index contributed by atoms with van der Waals surface area (Å²) >= 11 is 0. The Labute approximate surface area is 191 Å². The van der Waals surface area contributed by atoms with Gasteiger partial charge in [0.2, 0.25) is 5.91 Å². The number of likely N-dealkylation sites (N-methyl/N-ethyl adjacent to an activating group) is 1. The third kappa shape index (κ3) is 10.5. The number of carbonyl (C=O) groups is 1. The van der Waals surface area contributed by atoms with E-state index in [4.69, 9.17) is 0 Å². The Balaban J connectivity index is 0.00000165. The van der Waals surface area contributed by atoms with Gasteiger partial charge in [-0.3, -0.25) is 14.1 Å². The average Bonchev–Trinajstić information content (AvgIpc) is 3.14. The summed E-state index contributed by atoms with van der Waals surface area (Å²) in [6.07, 6.45) is 3.00. The molecule has 1 aromatic heterocycles. The third-order valence-electron chi connectivity index (χ3n) is 3.77. The number of halogens is 1. The molecule has 0 saturated heterocycles. The predicted molar refractivity (Wildman–Crippen MR) is 131 cm³/mol. The largest absolute Gasteiger partial charge is 0.326 e. The van der Waals surface area contributed by atoms with E-state index in [1.807, 2.05) is 34.6 Å². The third-order valence-corrected chi connectivity index (χ3v) is 5.78. The molecule has 0 fully saturated rings. The Hall–Kier alpha value is -1.63. The molecule has 31 heavy (non-hydrogen) atoms. The first-order valence-corrected chi connectivity index (χ1v) is 12.6. The summed E-state index contributed by atoms with van der Waals surface area (Å²) in [7, 11) is -0.406. The molecule has 0 radical (unpaired) electrons. The normalized spacial score (nSPS) is 11.7. The quantitative estimate of drug-likeness (QED) is 0.493. The van der Waals surface area contributed by atoms with Gasteiger partial charge in [-0.25, -0.2) is 8.41 Å². The van der Waals surface area contributed by atoms with Crippen LogP contribution in [0.1, 0.15) is 53.7 Å². The lowest BCUT2D eigenvalue weighted by atomic mass is 10.2. The van der Waals surface area contributed by atoms with Gasteiger partial charge in [0.05, 0.1) is 27.9 Å². The molecule has 0 aliphatic rings. The van der Waals surface area contributed by atoms with Crippen molar-refractivity contribution in [2.45, 2.75) is 71.2 Å². The fourth-order valence-electron chi connectivity index (χ4n) is 2.17. The van der Waals surface area contributed by atoms with Gasteiger partial charge in [-0.1, -0.05) is 48.0 Å². The van der Waals surface area contributed by atoms with Gasteiger partial charge in [-0.2, -0.15) is 5.10 Å². The minimum atomic E-state index is -1.37. The molecule has 1 N–H and O–H groups in total. The number of carbonyl (C=O) groups excluding carboxylic acids is 1. The Morgan fingerprint density at radius 2 is 1.81 bits per heavy atom. The number of benzene rings is 1. The fourth-order valence-corrected chi connectivity index (χ4v) is 3.51. The molecular formula is C22H38FN4O2PS. The van der Waals surface area contributed by atoms with Crippen molar-refractivity contribution >= 4 is 31.4 Å². The molecule has 2 rings (SSSR count). The van der Waals surface area contributed by atoms with Gasteiger partial charge in [0.1, 0.15) is 9.04 Å². The number of nitrogens with one attached hydrogen (secondary N) is 1. The van der Waals surface area contributed by atoms with E-state index in [1.165, 1.54) is 6.42 Å². The fraction of sp³-hybridized carbons (Fsp3) is 0.545. The number of hydrogen-bond donors (Lipinski definition) is 1. The summed E-state index contributed by atoms with van der Waals surface area (Å²) in [4.78, 5) is 13.0. The van der Waals surface area contributed by atoms with Gasteiger partial charge in [0, 0.05) is 29.2 Å². The Morgan fingerprint density at radius 3 is 2.29 bits per heavy atom. The molecule has 2 atom stereocenters. The maximum atomic E-state index is 12.8. The van der Waals surface area contributed by atoms with Crippen molar-refractivity contribution in [3.63, 3.8) is 0 Å². The standard InChI is InChI=1S/C17H24FN4O2PS.C3H8.C2H6/c1-12(2)17(23)19-14-5-7-15(8-6-14)26(24)16-11-22(20-13(16)3)10-9-21(4)25-18;1-3-2;1-2/h5-8,11-12,25H,9-10H2,1-4H3,(H,19,23);3H2,1-2H3;1-2H3. The van der Waals surface area contributed by atoms with Crippen molar-refractivity contribution in [1.29, 1.82) is 0 Å². The molecular weight excluding hydrogens is 434 g/mol. The summed E-state index contributed by atoms with van der Waals surface area (Å²) < 4.78 is 28.6. The van der Waals surface area contributed by atoms with Crippen molar-refractivity contribution in [1.82, 2.24) is 14.5 Å². The highest BCUT2D eigenvalue weighted by Gasteiger charge is 2.15. The van der Waals surface area contributed by atoms with Gasteiger partial charge < -0.3 is 5.32 Å². The summed E-state index contributed by atoms with van der Waals surface area (Å²) in [6, 6.07) is 6.95. The van der Waals surface area contributed by atoms with E-state index in [1.54, 1.807) is 46.9 Å². The highest BCUT2D eigenvalue weighted by atomic mass is 32.2. The van der Waals surface area contributed by atoms with Crippen molar-refractivity contribution in [2.75, 3.05) is 18.9 Å². The van der Waals surface area contributed by atoms with E-state index in [0.717, 1.165) is 0 Å². The number of nitrogens with zero attached hydrogens (tertiary/aromatic N) is 3. The summed E-state index contributed by atoms with van der Waals surface area (Å²) in [5.41, 5.74) is 1.36. The molecule has 0 aliphatic carbocycles. The first-order valence-electron chi connectivity index (χ1n) is 10.7. The van der Waals surface area contributed by atoms with Crippen LogP contribution in [0.15, 0.2) is 40.3 Å². The minimum absolute atomic E-state index is 0.0603. The van der Waals surface area contributed by atoms with E-state index in [0.29, 0.717) is 34.3 Å². The molecule has 1 amide bonds. The summed E-state index contributed by atoms with van der Waals surface area (Å²) in [5, 5.41) is 7.17. The zero-order valence-corrected chi connectivity index (χ0v) is 21.8. The number of hydrogen-bond acceptors (Lipinski definition) is 4. The van der Waals surface area contributed by atoms with Crippen molar-refractivity contribution in [3.05, 3.63) is 36.2 Å². The zero-order chi connectivity index (χ0) is 24.0. The van der Waals surface area contributed by atoms with Crippen LogP contribution in [0.4, 0.5) is 9.88 Å². The second-order valence-electron chi connectivity index (χ2n) is 6.99. The number of aryl methyl sites for hydroxylation is 1. The minimum Gasteiger partial charge on any atom is -0.326 e. The van der Waals surface area contributed by atoms with E-state index >= 15 is 0 Å². The van der Waals surface area contributed by atoms with Gasteiger partial charge in [-0.05, 0) is 38.2 Å². The van der Waals surface area contributed by atoms with Gasteiger partial charge in [-0.15, -0.1) is 0 Å². The molecule has 2 unspecified atom stereocenters. The van der Waals surface area contributed by atoms with Crippen LogP contribution < -0.4 is 5.32 Å². The highest BCUT2D eigenvalue weighted by molar-refractivity contribution is 7.85. The number of amides is 1. The lowest BCUT2D eigenvalue weighted by Gasteiger charge is -2.10. The van der Waals surface area contributed by atoms with Crippen LogP contribution in [0.25, 0.3) is 0 Å². The lowest BCUT2D eigenvalue weighted by Crippen LogP contribution is -2.17. The first kappa shape index (κ1) is 29.4. The molecule has 1 heterocycles. The Kier molecular flexibility index (Phi) is 15.2. The number of anilines is 1. The lowest BCUT2D eigenvalue weighted by molar-refractivity contribution is -0.118. The molecule has 176 valence electrons. The van der Waals surface area contributed by atoms with Crippen molar-refractivity contribution < 1.29 is 13.2 Å². The maximum absolute atomic E-state index is 12.8. The second-order valence-corrected chi connectivity index (χ2v) is 9.37. The monoisotopic (exact) mass is 472 g/mol. The molecule has 0 saturated carbocycles. The van der Waals surface area contributed by atoms with Gasteiger partial charge in [0.25, 0.3) is 0 Å². The molecule has 0 aliphatic heterocycles. The predicted octanol–water partition coefficient (Wildman–Crippen LogP) is 5.81. The molecule has 9 heteroatoms. The van der Waals surface area contributed by atoms with Gasteiger partial charge in [0.15, 0.2) is 0 Å². The number of aromatic nitrogens is 2. The summed E-state index contributed by atoms with van der Waals surface area (Å²) in [5.74, 6) is -0.163. The summed E-state index contributed by atoms with van der Waals surface area (Å²) in [6.45, 7) is 14.8. The number of rotatable bonds is 8. The molecule has 6 nitrogen and oxygen atoms in total. The van der Waals surface area contributed by atoms with E-state index < -0.39 is 19.8 Å². The van der Waals surface area contributed by atoms with E-state index in [2.05, 4.69) is 24.3 Å². The van der Waals surface area contributed by atoms with Crippen LogP contribution in [-0.4, -0.2) is 38.2 Å².